The molecule has 0 atom stereocenters. The van der Waals surface area contributed by atoms with E-state index in [1.165, 1.54) is 11.8 Å². The Balaban J connectivity index is 1.76. The Morgan fingerprint density at radius 3 is 2.59 bits per heavy atom. The second kappa shape index (κ2) is 10.6. The number of thioether (sulfide) groups is 1. The van der Waals surface area contributed by atoms with Crippen molar-refractivity contribution in [2.75, 3.05) is 6.61 Å². The average molecular weight is 492 g/mol. The van der Waals surface area contributed by atoms with Gasteiger partial charge in [0.25, 0.3) is 5.91 Å². The van der Waals surface area contributed by atoms with E-state index in [9.17, 15) is 4.79 Å². The normalized spacial score (nSPS) is 15.1. The molecule has 0 aliphatic carbocycles. The lowest BCUT2D eigenvalue weighted by Crippen LogP contribution is -2.34. The van der Waals surface area contributed by atoms with Gasteiger partial charge >= 0.3 is 0 Å². The van der Waals surface area contributed by atoms with Crippen LogP contribution in [0, 0.1) is 6.92 Å². The Kier molecular flexibility index (Phi) is 7.54. The van der Waals surface area contributed by atoms with Crippen LogP contribution in [0.15, 0.2) is 59.6 Å². The number of unbranched alkanes of at least 4 members (excludes halogenated alkanes) is 1. The maximum Gasteiger partial charge on any atom is 0.266 e. The number of carbonyl (C=O) groups excluding carboxylic acids is 1. The zero-order valence-corrected chi connectivity index (χ0v) is 21.6. The highest BCUT2D eigenvalue weighted by atomic mass is 32.2. The smallest absolute Gasteiger partial charge is 0.266 e. The van der Waals surface area contributed by atoms with Crippen LogP contribution in [0.1, 0.15) is 44.7 Å². The molecular formula is C27H29N3O2S2. The van der Waals surface area contributed by atoms with E-state index in [0.29, 0.717) is 15.8 Å². The number of hydrogen-bond acceptors (Lipinski definition) is 5. The van der Waals surface area contributed by atoms with Gasteiger partial charge in [0.15, 0.2) is 0 Å². The van der Waals surface area contributed by atoms with Gasteiger partial charge in [0.2, 0.25) is 0 Å². The monoisotopic (exact) mass is 491 g/mol. The van der Waals surface area contributed by atoms with Gasteiger partial charge in [0.05, 0.1) is 17.2 Å². The number of carbonyl (C=O) groups is 1. The summed E-state index contributed by atoms with van der Waals surface area (Å²) >= 11 is 6.81. The SMILES string of the molecule is CCCCOc1ccc(-c2nn(-c3ccccc3)cc2C=C2SC(=S)N(C(C)C)C2=O)c(C)c1. The number of ether oxygens (including phenoxy) is 1. The molecule has 5 nitrogen and oxygen atoms in total. The van der Waals surface area contributed by atoms with Gasteiger partial charge in [-0.25, -0.2) is 4.68 Å². The fraction of sp³-hybridized carbons (Fsp3) is 0.296. The second-order valence-corrected chi connectivity index (χ2v) is 10.2. The van der Waals surface area contributed by atoms with Gasteiger partial charge in [0.1, 0.15) is 15.8 Å². The molecule has 1 aromatic heterocycles. The highest BCUT2D eigenvalue weighted by molar-refractivity contribution is 8.26. The highest BCUT2D eigenvalue weighted by Gasteiger charge is 2.34. The van der Waals surface area contributed by atoms with E-state index < -0.39 is 0 Å². The maximum absolute atomic E-state index is 13.0. The molecule has 3 aromatic rings. The summed E-state index contributed by atoms with van der Waals surface area (Å²) < 4.78 is 8.33. The molecule has 0 radical (unpaired) electrons. The van der Waals surface area contributed by atoms with Crippen LogP contribution in [-0.4, -0.2) is 37.6 Å². The van der Waals surface area contributed by atoms with Crippen LogP contribution in [-0.2, 0) is 4.79 Å². The number of hydrogen-bond donors (Lipinski definition) is 0. The van der Waals surface area contributed by atoms with Crippen molar-refractivity contribution in [1.82, 2.24) is 14.7 Å². The quantitative estimate of drug-likeness (QED) is 0.201. The molecule has 2 heterocycles. The Labute approximate surface area is 210 Å². The first kappa shape index (κ1) is 24.2. The largest absolute Gasteiger partial charge is 0.494 e. The van der Waals surface area contributed by atoms with Crippen molar-refractivity contribution in [2.45, 2.75) is 46.6 Å². The molecule has 1 aliphatic heterocycles. The zero-order valence-electron chi connectivity index (χ0n) is 19.9. The van der Waals surface area contributed by atoms with Crippen LogP contribution >= 0.6 is 24.0 Å². The Bertz CT molecular complexity index is 1230. The number of para-hydroxylation sites is 1. The summed E-state index contributed by atoms with van der Waals surface area (Å²) in [7, 11) is 0. The van der Waals surface area contributed by atoms with Gasteiger partial charge in [-0.1, -0.05) is 55.5 Å². The Morgan fingerprint density at radius 2 is 1.94 bits per heavy atom. The van der Waals surface area contributed by atoms with E-state index in [4.69, 9.17) is 22.1 Å². The van der Waals surface area contributed by atoms with E-state index in [0.717, 1.165) is 46.7 Å². The number of amides is 1. The van der Waals surface area contributed by atoms with Gasteiger partial charge < -0.3 is 4.74 Å². The van der Waals surface area contributed by atoms with Crippen LogP contribution in [0.5, 0.6) is 5.75 Å². The van der Waals surface area contributed by atoms with Crippen LogP contribution in [0.2, 0.25) is 0 Å². The lowest BCUT2D eigenvalue weighted by Gasteiger charge is -2.18. The zero-order chi connectivity index (χ0) is 24.2. The molecule has 1 saturated heterocycles. The molecule has 0 bridgehead atoms. The summed E-state index contributed by atoms with van der Waals surface area (Å²) in [5.74, 6) is 0.802. The molecule has 0 saturated carbocycles. The summed E-state index contributed by atoms with van der Waals surface area (Å²) in [6.45, 7) is 8.86. The fourth-order valence-electron chi connectivity index (χ4n) is 3.81. The third-order valence-electron chi connectivity index (χ3n) is 5.61. The summed E-state index contributed by atoms with van der Waals surface area (Å²) in [6, 6.07) is 16.1. The number of rotatable bonds is 8. The predicted octanol–water partition coefficient (Wildman–Crippen LogP) is 6.64. The van der Waals surface area contributed by atoms with Crippen LogP contribution in [0.4, 0.5) is 0 Å². The molecule has 34 heavy (non-hydrogen) atoms. The van der Waals surface area contributed by atoms with Crippen molar-refractivity contribution in [3.63, 3.8) is 0 Å². The first-order valence-electron chi connectivity index (χ1n) is 11.5. The second-order valence-electron chi connectivity index (χ2n) is 8.54. The van der Waals surface area contributed by atoms with E-state index in [-0.39, 0.29) is 11.9 Å². The van der Waals surface area contributed by atoms with Crippen LogP contribution < -0.4 is 4.74 Å². The number of aryl methyl sites for hydroxylation is 1. The van der Waals surface area contributed by atoms with Gasteiger partial charge in [-0.3, -0.25) is 9.69 Å². The summed E-state index contributed by atoms with van der Waals surface area (Å²) in [5, 5.41) is 4.92. The summed E-state index contributed by atoms with van der Waals surface area (Å²) in [6.07, 6.45) is 6.01. The van der Waals surface area contributed by atoms with E-state index in [1.807, 2.05) is 73.3 Å². The predicted molar refractivity (Wildman–Crippen MR) is 144 cm³/mol. The molecule has 1 amide bonds. The highest BCUT2D eigenvalue weighted by Crippen LogP contribution is 2.36. The molecule has 1 aliphatic rings. The first-order valence-corrected chi connectivity index (χ1v) is 12.8. The number of nitrogens with zero attached hydrogens (tertiary/aromatic N) is 3. The third kappa shape index (κ3) is 5.10. The van der Waals surface area contributed by atoms with Gasteiger partial charge in [0, 0.05) is 23.4 Å². The average Bonchev–Trinajstić information content (AvgIpc) is 3.35. The topological polar surface area (TPSA) is 47.4 Å². The molecule has 0 spiro atoms. The standard InChI is InChI=1S/C27H29N3O2S2/c1-5-6-14-32-22-12-13-23(19(4)15-22)25-20(17-29(28-25)21-10-8-7-9-11-21)16-24-26(31)30(18(2)3)27(33)34-24/h7-13,15-18H,5-6,14H2,1-4H3. The minimum Gasteiger partial charge on any atom is -0.494 e. The van der Waals surface area contributed by atoms with Gasteiger partial charge in [-0.2, -0.15) is 5.10 Å². The molecule has 0 unspecified atom stereocenters. The summed E-state index contributed by atoms with van der Waals surface area (Å²) in [4.78, 5) is 15.3. The van der Waals surface area contributed by atoms with Crippen molar-refractivity contribution in [3.8, 4) is 22.7 Å². The van der Waals surface area contributed by atoms with Crippen LogP contribution in [0.3, 0.4) is 0 Å². The third-order valence-corrected chi connectivity index (χ3v) is 6.94. The lowest BCUT2D eigenvalue weighted by molar-refractivity contribution is -0.123. The number of benzene rings is 2. The van der Waals surface area contributed by atoms with E-state index in [2.05, 4.69) is 19.9 Å². The maximum atomic E-state index is 13.0. The number of thiocarbonyl (C=S) groups is 1. The molecule has 4 rings (SSSR count). The van der Waals surface area contributed by atoms with E-state index >= 15 is 0 Å². The Morgan fingerprint density at radius 1 is 1.18 bits per heavy atom. The summed E-state index contributed by atoms with van der Waals surface area (Å²) in [5.41, 5.74) is 4.71. The van der Waals surface area contributed by atoms with Crippen molar-refractivity contribution < 1.29 is 9.53 Å². The van der Waals surface area contributed by atoms with Crippen molar-refractivity contribution >= 4 is 40.3 Å². The Hall–Kier alpha value is -2.90. The molecule has 1 fully saturated rings. The minimum absolute atomic E-state index is 0.0207. The minimum atomic E-state index is -0.0557. The van der Waals surface area contributed by atoms with Crippen LogP contribution in [0.25, 0.3) is 23.0 Å². The molecule has 176 valence electrons. The van der Waals surface area contributed by atoms with Crippen molar-refractivity contribution in [3.05, 3.63) is 70.8 Å². The molecular weight excluding hydrogens is 462 g/mol. The van der Waals surface area contributed by atoms with Crippen molar-refractivity contribution in [2.24, 2.45) is 0 Å². The molecule has 7 heteroatoms. The van der Waals surface area contributed by atoms with Crippen molar-refractivity contribution in [1.29, 1.82) is 0 Å². The molecule has 2 aromatic carbocycles. The fourth-order valence-corrected chi connectivity index (χ4v) is 5.32. The first-order chi connectivity index (χ1) is 16.4. The number of aromatic nitrogens is 2. The van der Waals surface area contributed by atoms with E-state index in [1.54, 1.807) is 4.90 Å². The van der Waals surface area contributed by atoms with Gasteiger partial charge in [-0.15, -0.1) is 0 Å². The van der Waals surface area contributed by atoms with Gasteiger partial charge in [-0.05, 0) is 69.2 Å². The lowest BCUT2D eigenvalue weighted by atomic mass is 10.0. The molecule has 0 N–H and O–H groups in total.